The molecule has 0 amide bonds. The second-order valence-corrected chi connectivity index (χ2v) is 6.13. The zero-order valence-electron chi connectivity index (χ0n) is 15.7. The van der Waals surface area contributed by atoms with Gasteiger partial charge < -0.3 is 15.1 Å². The molecule has 3 rings (SSSR count). The normalized spacial score (nSPS) is 12.8. The number of aromatic amines is 1. The Kier molecular flexibility index (Phi) is 6.36. The molecule has 148 valence electrons. The van der Waals surface area contributed by atoms with Crippen LogP contribution in [-0.2, 0) is 6.42 Å². The van der Waals surface area contributed by atoms with Crippen LogP contribution in [0.15, 0.2) is 46.0 Å². The van der Waals surface area contributed by atoms with Crippen molar-refractivity contribution in [3.63, 3.8) is 0 Å². The molecule has 0 aliphatic carbocycles. The van der Waals surface area contributed by atoms with Gasteiger partial charge in [-0.1, -0.05) is 6.07 Å². The van der Waals surface area contributed by atoms with E-state index in [2.05, 4.69) is 30.8 Å². The van der Waals surface area contributed by atoms with E-state index in [-0.39, 0.29) is 6.04 Å². The Morgan fingerprint density at radius 2 is 2.18 bits per heavy atom. The third kappa shape index (κ3) is 4.93. The van der Waals surface area contributed by atoms with Crippen LogP contribution in [-0.4, -0.2) is 34.2 Å². The van der Waals surface area contributed by atoms with E-state index in [1.807, 2.05) is 6.92 Å². The van der Waals surface area contributed by atoms with Crippen molar-refractivity contribution in [1.82, 2.24) is 25.8 Å². The van der Waals surface area contributed by atoms with Crippen molar-refractivity contribution in [1.29, 1.82) is 0 Å². The van der Waals surface area contributed by atoms with Crippen LogP contribution in [0.25, 0.3) is 11.6 Å². The van der Waals surface area contributed by atoms with Crippen LogP contribution in [0.2, 0.25) is 0 Å². The summed E-state index contributed by atoms with van der Waals surface area (Å²) in [6.07, 6.45) is 2.11. The lowest BCUT2D eigenvalue weighted by Gasteiger charge is -2.18. The standard InChI is InChI=1S/C19H22F2N6O/c1-3-22-19(24-12(2)14-7-6-13(20)11-15(14)21)23-9-8-17-25-18(27-26-17)16-5-4-10-28-16/h4-7,10-12H,3,8-9H2,1-2H3,(H2,22,23,24)(H,25,26,27). The number of halogens is 2. The van der Waals surface area contributed by atoms with E-state index in [0.717, 1.165) is 6.07 Å². The van der Waals surface area contributed by atoms with Crippen molar-refractivity contribution >= 4 is 5.96 Å². The first-order valence-electron chi connectivity index (χ1n) is 9.01. The van der Waals surface area contributed by atoms with Gasteiger partial charge in [-0.3, -0.25) is 10.1 Å². The van der Waals surface area contributed by atoms with Gasteiger partial charge in [0.15, 0.2) is 11.7 Å². The molecule has 1 atom stereocenters. The van der Waals surface area contributed by atoms with Crippen LogP contribution in [0.4, 0.5) is 8.78 Å². The molecule has 9 heteroatoms. The van der Waals surface area contributed by atoms with Crippen molar-refractivity contribution in [2.75, 3.05) is 13.1 Å². The van der Waals surface area contributed by atoms with Crippen LogP contribution in [0.3, 0.4) is 0 Å². The summed E-state index contributed by atoms with van der Waals surface area (Å²) in [5, 5.41) is 13.2. The van der Waals surface area contributed by atoms with E-state index >= 15 is 0 Å². The van der Waals surface area contributed by atoms with E-state index < -0.39 is 11.6 Å². The van der Waals surface area contributed by atoms with Gasteiger partial charge in [-0.15, -0.1) is 0 Å². The summed E-state index contributed by atoms with van der Waals surface area (Å²) in [4.78, 5) is 8.85. The minimum Gasteiger partial charge on any atom is -0.461 e. The Hall–Kier alpha value is -3.23. The van der Waals surface area contributed by atoms with E-state index in [9.17, 15) is 8.78 Å². The number of furan rings is 1. The molecule has 3 N–H and O–H groups in total. The SMILES string of the molecule is CCNC(=NCCc1nc(-c2ccco2)n[nH]1)NC(C)c1ccc(F)cc1F. The predicted molar refractivity (Wildman–Crippen MR) is 102 cm³/mol. The fourth-order valence-electron chi connectivity index (χ4n) is 2.65. The maximum atomic E-state index is 14.0. The number of hydrogen-bond donors (Lipinski definition) is 3. The number of nitrogens with one attached hydrogen (secondary N) is 3. The van der Waals surface area contributed by atoms with E-state index in [1.165, 1.54) is 12.1 Å². The molecule has 0 radical (unpaired) electrons. The molecule has 2 aromatic heterocycles. The number of benzene rings is 1. The Morgan fingerprint density at radius 1 is 1.32 bits per heavy atom. The van der Waals surface area contributed by atoms with Crippen LogP contribution in [0.5, 0.6) is 0 Å². The van der Waals surface area contributed by atoms with Crippen molar-refractivity contribution < 1.29 is 13.2 Å². The molecule has 0 fully saturated rings. The van der Waals surface area contributed by atoms with Crippen LogP contribution < -0.4 is 10.6 Å². The molecular weight excluding hydrogens is 366 g/mol. The molecule has 2 heterocycles. The van der Waals surface area contributed by atoms with Crippen molar-refractivity contribution in [2.45, 2.75) is 26.3 Å². The molecular formula is C19H22F2N6O. The summed E-state index contributed by atoms with van der Waals surface area (Å²) in [5.41, 5.74) is 0.366. The molecule has 28 heavy (non-hydrogen) atoms. The summed E-state index contributed by atoms with van der Waals surface area (Å²) in [7, 11) is 0. The minimum atomic E-state index is -0.602. The summed E-state index contributed by atoms with van der Waals surface area (Å²) in [6.45, 7) is 4.82. The molecule has 0 spiro atoms. The monoisotopic (exact) mass is 388 g/mol. The molecule has 1 aromatic carbocycles. The van der Waals surface area contributed by atoms with Crippen LogP contribution in [0, 0.1) is 11.6 Å². The number of nitrogens with zero attached hydrogens (tertiary/aromatic N) is 3. The number of aromatic nitrogens is 3. The van der Waals surface area contributed by atoms with Crippen LogP contribution >= 0.6 is 0 Å². The fraction of sp³-hybridized carbons (Fsp3) is 0.316. The van der Waals surface area contributed by atoms with Crippen molar-refractivity contribution in [3.05, 3.63) is 59.6 Å². The molecule has 0 saturated heterocycles. The highest BCUT2D eigenvalue weighted by Gasteiger charge is 2.13. The van der Waals surface area contributed by atoms with Gasteiger partial charge in [-0.2, -0.15) is 5.10 Å². The lowest BCUT2D eigenvalue weighted by Crippen LogP contribution is -2.39. The summed E-state index contributed by atoms with van der Waals surface area (Å²) in [5.74, 6) is 1.11. The van der Waals surface area contributed by atoms with Gasteiger partial charge in [0.1, 0.15) is 17.5 Å². The molecule has 0 bridgehead atoms. The average Bonchev–Trinajstić information content (AvgIpc) is 3.33. The zero-order chi connectivity index (χ0) is 19.9. The van der Waals surface area contributed by atoms with Gasteiger partial charge in [0.05, 0.1) is 12.3 Å². The Labute approximate surface area is 161 Å². The Bertz CT molecular complexity index is 922. The highest BCUT2D eigenvalue weighted by Crippen LogP contribution is 2.17. The van der Waals surface area contributed by atoms with Crippen molar-refractivity contribution in [2.24, 2.45) is 4.99 Å². The maximum Gasteiger partial charge on any atom is 0.216 e. The van der Waals surface area contributed by atoms with E-state index in [4.69, 9.17) is 4.42 Å². The quantitative estimate of drug-likeness (QED) is 0.427. The third-order valence-corrected chi connectivity index (χ3v) is 4.02. The zero-order valence-corrected chi connectivity index (χ0v) is 15.7. The van der Waals surface area contributed by atoms with E-state index in [1.54, 1.807) is 25.3 Å². The second kappa shape index (κ2) is 9.12. The Morgan fingerprint density at radius 3 is 2.89 bits per heavy atom. The first-order valence-corrected chi connectivity index (χ1v) is 9.01. The van der Waals surface area contributed by atoms with Gasteiger partial charge in [0.2, 0.25) is 5.82 Å². The molecule has 0 aliphatic heterocycles. The molecule has 1 unspecified atom stereocenters. The Balaban J connectivity index is 1.61. The summed E-state index contributed by atoms with van der Waals surface area (Å²) >= 11 is 0. The molecule has 0 saturated carbocycles. The summed E-state index contributed by atoms with van der Waals surface area (Å²) in [6, 6.07) is 6.72. The largest absolute Gasteiger partial charge is 0.461 e. The molecule has 3 aromatic rings. The van der Waals surface area contributed by atoms with Gasteiger partial charge in [0, 0.05) is 31.1 Å². The molecule has 0 aliphatic rings. The lowest BCUT2D eigenvalue weighted by atomic mass is 10.1. The highest BCUT2D eigenvalue weighted by atomic mass is 19.1. The molecule has 7 nitrogen and oxygen atoms in total. The fourth-order valence-corrected chi connectivity index (χ4v) is 2.65. The first-order chi connectivity index (χ1) is 13.6. The summed E-state index contributed by atoms with van der Waals surface area (Å²) < 4.78 is 32.3. The highest BCUT2D eigenvalue weighted by molar-refractivity contribution is 5.80. The van der Waals surface area contributed by atoms with Crippen molar-refractivity contribution in [3.8, 4) is 11.6 Å². The van der Waals surface area contributed by atoms with Gasteiger partial charge in [-0.25, -0.2) is 13.8 Å². The number of guanidine groups is 1. The topological polar surface area (TPSA) is 91.1 Å². The maximum absolute atomic E-state index is 14.0. The number of hydrogen-bond acceptors (Lipinski definition) is 4. The van der Waals surface area contributed by atoms with Crippen LogP contribution in [0.1, 0.15) is 31.3 Å². The third-order valence-electron chi connectivity index (χ3n) is 4.02. The number of aliphatic imine (C=N–C) groups is 1. The second-order valence-electron chi connectivity index (χ2n) is 6.13. The lowest BCUT2D eigenvalue weighted by molar-refractivity contribution is 0.551. The van der Waals surface area contributed by atoms with Gasteiger partial charge in [-0.05, 0) is 32.0 Å². The average molecular weight is 388 g/mol. The number of H-pyrrole nitrogens is 1. The number of rotatable bonds is 7. The first kappa shape index (κ1) is 19.5. The van der Waals surface area contributed by atoms with Gasteiger partial charge in [0.25, 0.3) is 0 Å². The predicted octanol–water partition coefficient (Wildman–Crippen LogP) is 3.20. The minimum absolute atomic E-state index is 0.366. The smallest absolute Gasteiger partial charge is 0.216 e. The van der Waals surface area contributed by atoms with Gasteiger partial charge >= 0.3 is 0 Å². The van der Waals surface area contributed by atoms with E-state index in [0.29, 0.717) is 48.4 Å².